The Morgan fingerprint density at radius 3 is 2.39 bits per heavy atom. The predicted octanol–water partition coefficient (Wildman–Crippen LogP) is 2.87. The van der Waals surface area contributed by atoms with Crippen molar-refractivity contribution in [2.24, 2.45) is 0 Å². The van der Waals surface area contributed by atoms with Crippen LogP contribution in [0, 0.1) is 0 Å². The van der Waals surface area contributed by atoms with Crippen LogP contribution in [0.1, 0.15) is 31.4 Å². The van der Waals surface area contributed by atoms with Gasteiger partial charge in [-0.2, -0.15) is 0 Å². The third-order valence-electron chi connectivity index (χ3n) is 5.44. The van der Waals surface area contributed by atoms with Gasteiger partial charge in [-0.05, 0) is 36.5 Å². The maximum atomic E-state index is 12.8. The van der Waals surface area contributed by atoms with Gasteiger partial charge in [0.2, 0.25) is 11.8 Å². The van der Waals surface area contributed by atoms with Crippen molar-refractivity contribution in [3.8, 4) is 0 Å². The molecule has 2 heterocycles. The van der Waals surface area contributed by atoms with Crippen LogP contribution in [-0.2, 0) is 22.4 Å². The summed E-state index contributed by atoms with van der Waals surface area (Å²) in [4.78, 5) is 37.7. The molecule has 1 saturated heterocycles. The fraction of sp³-hybridized carbons (Fsp3) is 0.478. The number of anilines is 1. The molecule has 3 rings (SSSR count). The fourth-order valence-corrected chi connectivity index (χ4v) is 4.45. The Morgan fingerprint density at radius 1 is 1.00 bits per heavy atom. The van der Waals surface area contributed by atoms with Gasteiger partial charge in [-0.3, -0.25) is 14.5 Å². The maximum absolute atomic E-state index is 12.8. The van der Waals surface area contributed by atoms with Crippen molar-refractivity contribution >= 4 is 29.3 Å². The Balaban J connectivity index is 1.49. The molecule has 0 unspecified atom stereocenters. The first kappa shape index (κ1) is 23.2. The standard InChI is InChI=1S/C23H31N5O2S/c1-3-18-8-5-9-19(4-2)22(18)26-20(29)16-27-12-7-13-28(15-14-27)21(30)17-31-23-24-10-6-11-25-23/h5-6,8-11H,3-4,7,12-17H2,1-2H3,(H,26,29). The van der Waals surface area contributed by atoms with Crippen LogP contribution in [0.5, 0.6) is 0 Å². The molecule has 1 aliphatic heterocycles. The van der Waals surface area contributed by atoms with Gasteiger partial charge in [0.05, 0.1) is 12.3 Å². The average Bonchev–Trinajstić information content (AvgIpc) is 3.03. The third-order valence-corrected chi connectivity index (χ3v) is 6.30. The zero-order valence-electron chi connectivity index (χ0n) is 18.3. The van der Waals surface area contributed by atoms with Gasteiger partial charge in [0.25, 0.3) is 0 Å². The van der Waals surface area contributed by atoms with E-state index in [4.69, 9.17) is 0 Å². The van der Waals surface area contributed by atoms with Crippen LogP contribution >= 0.6 is 11.8 Å². The summed E-state index contributed by atoms with van der Waals surface area (Å²) in [5.41, 5.74) is 3.30. The van der Waals surface area contributed by atoms with Gasteiger partial charge in [0.1, 0.15) is 0 Å². The van der Waals surface area contributed by atoms with Crippen molar-refractivity contribution in [2.75, 3.05) is 43.8 Å². The predicted molar refractivity (Wildman–Crippen MR) is 124 cm³/mol. The molecule has 0 aliphatic carbocycles. The topological polar surface area (TPSA) is 78.4 Å². The summed E-state index contributed by atoms with van der Waals surface area (Å²) in [6.07, 6.45) is 5.98. The summed E-state index contributed by atoms with van der Waals surface area (Å²) in [7, 11) is 0. The highest BCUT2D eigenvalue weighted by atomic mass is 32.2. The lowest BCUT2D eigenvalue weighted by atomic mass is 10.0. The minimum atomic E-state index is 0.00663. The number of hydrogen-bond acceptors (Lipinski definition) is 6. The molecule has 1 N–H and O–H groups in total. The average molecular weight is 442 g/mol. The van der Waals surface area contributed by atoms with Crippen LogP contribution < -0.4 is 5.32 Å². The zero-order valence-corrected chi connectivity index (χ0v) is 19.2. The largest absolute Gasteiger partial charge is 0.341 e. The van der Waals surface area contributed by atoms with E-state index in [1.54, 1.807) is 18.5 Å². The van der Waals surface area contributed by atoms with Gasteiger partial charge in [0, 0.05) is 44.3 Å². The van der Waals surface area contributed by atoms with Gasteiger partial charge in [0.15, 0.2) is 5.16 Å². The summed E-state index contributed by atoms with van der Waals surface area (Å²) >= 11 is 1.36. The van der Waals surface area contributed by atoms with Crippen molar-refractivity contribution in [2.45, 2.75) is 38.3 Å². The number of aromatic nitrogens is 2. The van der Waals surface area contributed by atoms with Gasteiger partial charge in [-0.25, -0.2) is 9.97 Å². The van der Waals surface area contributed by atoms with E-state index in [-0.39, 0.29) is 11.8 Å². The van der Waals surface area contributed by atoms with Crippen LogP contribution in [0.25, 0.3) is 0 Å². The lowest BCUT2D eigenvalue weighted by molar-refractivity contribution is -0.128. The monoisotopic (exact) mass is 441 g/mol. The van der Waals surface area contributed by atoms with E-state index in [0.717, 1.165) is 31.5 Å². The number of carbonyl (C=O) groups is 2. The lowest BCUT2D eigenvalue weighted by Gasteiger charge is -2.22. The van der Waals surface area contributed by atoms with Crippen LogP contribution in [0.4, 0.5) is 5.69 Å². The molecular weight excluding hydrogens is 410 g/mol. The first-order valence-electron chi connectivity index (χ1n) is 10.9. The Labute approximate surface area is 188 Å². The summed E-state index contributed by atoms with van der Waals surface area (Å²) in [6, 6.07) is 7.95. The van der Waals surface area contributed by atoms with Crippen LogP contribution in [0.2, 0.25) is 0 Å². The highest BCUT2D eigenvalue weighted by molar-refractivity contribution is 7.99. The van der Waals surface area contributed by atoms with E-state index in [2.05, 4.69) is 52.2 Å². The molecule has 31 heavy (non-hydrogen) atoms. The Hall–Kier alpha value is -2.45. The molecule has 0 bridgehead atoms. The normalized spacial score (nSPS) is 14.8. The minimum Gasteiger partial charge on any atom is -0.341 e. The van der Waals surface area contributed by atoms with Gasteiger partial charge >= 0.3 is 0 Å². The number of thioether (sulfide) groups is 1. The molecule has 1 fully saturated rings. The quantitative estimate of drug-likeness (QED) is 0.501. The maximum Gasteiger partial charge on any atom is 0.238 e. The lowest BCUT2D eigenvalue weighted by Crippen LogP contribution is -2.38. The number of para-hydroxylation sites is 1. The second-order valence-corrected chi connectivity index (χ2v) is 8.48. The van der Waals surface area contributed by atoms with Crippen molar-refractivity contribution in [3.05, 3.63) is 47.8 Å². The summed E-state index contributed by atoms with van der Waals surface area (Å²) in [5.74, 6) is 0.429. The van der Waals surface area contributed by atoms with Crippen LogP contribution in [-0.4, -0.2) is 70.1 Å². The molecular formula is C23H31N5O2S. The molecule has 1 aromatic carbocycles. The van der Waals surface area contributed by atoms with Crippen molar-refractivity contribution < 1.29 is 9.59 Å². The summed E-state index contributed by atoms with van der Waals surface area (Å²) in [5, 5.41) is 3.76. The van der Waals surface area contributed by atoms with Gasteiger partial charge in [-0.1, -0.05) is 43.8 Å². The number of rotatable bonds is 8. The SMILES string of the molecule is CCc1cccc(CC)c1NC(=O)CN1CCCN(C(=O)CSc2ncccn2)CC1. The van der Waals surface area contributed by atoms with E-state index in [0.29, 0.717) is 37.1 Å². The Morgan fingerprint density at radius 2 is 1.71 bits per heavy atom. The number of carbonyl (C=O) groups excluding carboxylic acids is 2. The first-order valence-corrected chi connectivity index (χ1v) is 11.9. The molecule has 2 amide bonds. The van der Waals surface area contributed by atoms with Gasteiger partial charge in [-0.15, -0.1) is 0 Å². The molecule has 8 heteroatoms. The smallest absolute Gasteiger partial charge is 0.238 e. The van der Waals surface area contributed by atoms with Crippen molar-refractivity contribution in [1.82, 2.24) is 19.8 Å². The van der Waals surface area contributed by atoms with E-state index in [9.17, 15) is 9.59 Å². The minimum absolute atomic E-state index is 0.00663. The van der Waals surface area contributed by atoms with Crippen LogP contribution in [0.3, 0.4) is 0 Å². The molecule has 0 atom stereocenters. The summed E-state index contributed by atoms with van der Waals surface area (Å²) < 4.78 is 0. The highest BCUT2D eigenvalue weighted by Crippen LogP contribution is 2.22. The summed E-state index contributed by atoms with van der Waals surface area (Å²) in [6.45, 7) is 7.40. The number of nitrogens with zero attached hydrogens (tertiary/aromatic N) is 4. The number of hydrogen-bond donors (Lipinski definition) is 1. The number of aryl methyl sites for hydroxylation is 2. The Bertz CT molecular complexity index is 855. The Kier molecular flexibility index (Phi) is 8.85. The van der Waals surface area contributed by atoms with Crippen molar-refractivity contribution in [3.63, 3.8) is 0 Å². The van der Waals surface area contributed by atoms with E-state index < -0.39 is 0 Å². The van der Waals surface area contributed by atoms with Gasteiger partial charge < -0.3 is 10.2 Å². The number of benzene rings is 1. The molecule has 1 aromatic heterocycles. The molecule has 166 valence electrons. The molecule has 0 saturated carbocycles. The van der Waals surface area contributed by atoms with E-state index in [1.807, 2.05) is 4.90 Å². The zero-order chi connectivity index (χ0) is 22.1. The number of nitrogens with one attached hydrogen (secondary N) is 1. The fourth-order valence-electron chi connectivity index (χ4n) is 3.74. The molecule has 0 radical (unpaired) electrons. The molecule has 7 nitrogen and oxygen atoms in total. The first-order chi connectivity index (χ1) is 15.1. The highest BCUT2D eigenvalue weighted by Gasteiger charge is 2.21. The molecule has 1 aliphatic rings. The van der Waals surface area contributed by atoms with E-state index >= 15 is 0 Å². The van der Waals surface area contributed by atoms with Crippen molar-refractivity contribution in [1.29, 1.82) is 0 Å². The second kappa shape index (κ2) is 11.8. The second-order valence-electron chi connectivity index (χ2n) is 7.54. The molecule has 0 spiro atoms. The molecule has 2 aromatic rings. The number of amides is 2. The third kappa shape index (κ3) is 6.77. The van der Waals surface area contributed by atoms with Crippen LogP contribution in [0.15, 0.2) is 41.8 Å². The van der Waals surface area contributed by atoms with E-state index in [1.165, 1.54) is 22.9 Å².